The first-order valence-electron chi connectivity index (χ1n) is 8.38. The number of hydrogen-bond acceptors (Lipinski definition) is 3. The van der Waals surface area contributed by atoms with E-state index in [2.05, 4.69) is 17.1 Å². The third-order valence-electron chi connectivity index (χ3n) is 5.22. The molecule has 0 aromatic heterocycles. The van der Waals surface area contributed by atoms with Crippen molar-refractivity contribution in [2.75, 3.05) is 26.2 Å². The van der Waals surface area contributed by atoms with E-state index in [1.54, 1.807) is 0 Å². The van der Waals surface area contributed by atoms with Crippen LogP contribution < -0.4 is 11.1 Å². The van der Waals surface area contributed by atoms with Crippen molar-refractivity contribution in [1.82, 2.24) is 10.2 Å². The van der Waals surface area contributed by atoms with E-state index in [1.165, 1.54) is 58.0 Å². The van der Waals surface area contributed by atoms with Crippen LogP contribution in [0, 0.1) is 5.92 Å². The fraction of sp³-hybridized carbons (Fsp3) is 0.938. The van der Waals surface area contributed by atoms with Gasteiger partial charge >= 0.3 is 0 Å². The number of carbonyl (C=O) groups is 1. The lowest BCUT2D eigenvalue weighted by Gasteiger charge is -2.49. The van der Waals surface area contributed by atoms with Crippen molar-refractivity contribution >= 4 is 5.91 Å². The summed E-state index contributed by atoms with van der Waals surface area (Å²) >= 11 is 0. The Morgan fingerprint density at radius 2 is 1.90 bits per heavy atom. The maximum absolute atomic E-state index is 11.8. The van der Waals surface area contributed by atoms with Crippen LogP contribution in [0.25, 0.3) is 0 Å². The van der Waals surface area contributed by atoms with E-state index in [0.717, 1.165) is 12.5 Å². The highest BCUT2D eigenvalue weighted by Gasteiger charge is 2.39. The zero-order valence-electron chi connectivity index (χ0n) is 13.0. The lowest BCUT2D eigenvalue weighted by Crippen LogP contribution is -2.58. The summed E-state index contributed by atoms with van der Waals surface area (Å²) in [5.41, 5.74) is 5.68. The summed E-state index contributed by atoms with van der Waals surface area (Å²) in [5, 5.41) is 3.14. The number of piperidine rings is 1. The number of hydrogen-bond donors (Lipinski definition) is 2. The maximum atomic E-state index is 11.8. The molecular formula is C16H31N3O. The Labute approximate surface area is 123 Å². The summed E-state index contributed by atoms with van der Waals surface area (Å²) < 4.78 is 0. The quantitative estimate of drug-likeness (QED) is 0.809. The van der Waals surface area contributed by atoms with Crippen molar-refractivity contribution < 1.29 is 4.79 Å². The van der Waals surface area contributed by atoms with Gasteiger partial charge in [-0.2, -0.15) is 0 Å². The van der Waals surface area contributed by atoms with Gasteiger partial charge in [0.05, 0.1) is 0 Å². The minimum absolute atomic E-state index is 0.114. The Bertz CT molecular complexity index is 305. The van der Waals surface area contributed by atoms with E-state index in [-0.39, 0.29) is 11.4 Å². The molecule has 1 aliphatic heterocycles. The highest BCUT2D eigenvalue weighted by Crippen LogP contribution is 2.35. The molecule has 4 nitrogen and oxygen atoms in total. The van der Waals surface area contributed by atoms with Gasteiger partial charge in [-0.05, 0) is 44.7 Å². The van der Waals surface area contributed by atoms with Crippen LogP contribution >= 0.6 is 0 Å². The molecule has 0 unspecified atom stereocenters. The van der Waals surface area contributed by atoms with Gasteiger partial charge < -0.3 is 11.1 Å². The second-order valence-electron chi connectivity index (χ2n) is 6.77. The topological polar surface area (TPSA) is 58.4 Å². The zero-order chi connectivity index (χ0) is 14.4. The third-order valence-corrected chi connectivity index (χ3v) is 5.22. The molecule has 1 aliphatic carbocycles. The van der Waals surface area contributed by atoms with Gasteiger partial charge in [-0.15, -0.1) is 0 Å². The highest BCUT2D eigenvalue weighted by molar-refractivity contribution is 5.76. The minimum Gasteiger partial charge on any atom is -0.354 e. The van der Waals surface area contributed by atoms with Crippen molar-refractivity contribution in [3.8, 4) is 0 Å². The van der Waals surface area contributed by atoms with Crippen LogP contribution in [0.2, 0.25) is 0 Å². The maximum Gasteiger partial charge on any atom is 0.221 e. The molecule has 3 N–H and O–H groups in total. The number of likely N-dealkylation sites (tertiary alicyclic amines) is 1. The molecule has 20 heavy (non-hydrogen) atoms. The average molecular weight is 281 g/mol. The van der Waals surface area contributed by atoms with Crippen molar-refractivity contribution in [3.63, 3.8) is 0 Å². The third kappa shape index (κ3) is 3.95. The molecule has 1 amide bonds. The molecule has 2 fully saturated rings. The van der Waals surface area contributed by atoms with Crippen molar-refractivity contribution in [3.05, 3.63) is 0 Å². The Balaban J connectivity index is 1.96. The van der Waals surface area contributed by atoms with Crippen LogP contribution in [-0.4, -0.2) is 42.5 Å². The number of amides is 1. The fourth-order valence-electron chi connectivity index (χ4n) is 3.78. The van der Waals surface area contributed by atoms with Crippen molar-refractivity contribution in [1.29, 1.82) is 0 Å². The molecule has 0 spiro atoms. The van der Waals surface area contributed by atoms with Gasteiger partial charge in [-0.25, -0.2) is 0 Å². The van der Waals surface area contributed by atoms with Gasteiger partial charge in [0.2, 0.25) is 5.91 Å². The molecule has 0 radical (unpaired) electrons. The van der Waals surface area contributed by atoms with Gasteiger partial charge in [0.1, 0.15) is 0 Å². The smallest absolute Gasteiger partial charge is 0.221 e. The van der Waals surface area contributed by atoms with Gasteiger partial charge in [0, 0.05) is 25.0 Å². The Kier molecular flexibility index (Phi) is 5.85. The molecule has 1 heterocycles. The average Bonchev–Trinajstić information content (AvgIpc) is 2.47. The Hall–Kier alpha value is -0.610. The molecule has 0 aromatic carbocycles. The summed E-state index contributed by atoms with van der Waals surface area (Å²) in [4.78, 5) is 14.4. The summed E-state index contributed by atoms with van der Waals surface area (Å²) in [6.45, 7) is 6.02. The first-order valence-corrected chi connectivity index (χ1v) is 8.38. The monoisotopic (exact) mass is 281 g/mol. The van der Waals surface area contributed by atoms with E-state index in [9.17, 15) is 4.79 Å². The fourth-order valence-corrected chi connectivity index (χ4v) is 3.78. The number of nitrogens with two attached hydrogens (primary N) is 1. The summed E-state index contributed by atoms with van der Waals surface area (Å²) in [6.07, 6.45) is 9.50. The second-order valence-corrected chi connectivity index (χ2v) is 6.77. The number of rotatable bonds is 5. The molecule has 0 bridgehead atoms. The Morgan fingerprint density at radius 3 is 2.50 bits per heavy atom. The molecule has 116 valence electrons. The molecule has 0 aromatic rings. The van der Waals surface area contributed by atoms with Gasteiger partial charge in [0.15, 0.2) is 0 Å². The van der Waals surface area contributed by atoms with Gasteiger partial charge in [-0.1, -0.05) is 26.2 Å². The highest BCUT2D eigenvalue weighted by atomic mass is 16.1. The molecule has 2 aliphatic rings. The first-order chi connectivity index (χ1) is 9.66. The van der Waals surface area contributed by atoms with Gasteiger partial charge in [-0.3, -0.25) is 9.69 Å². The predicted molar refractivity (Wildman–Crippen MR) is 82.5 cm³/mol. The van der Waals surface area contributed by atoms with Crippen LogP contribution in [0.3, 0.4) is 0 Å². The predicted octanol–water partition coefficient (Wildman–Crippen LogP) is 1.89. The SMILES string of the molecule is CC1CCN(C2(CNC(=O)CCN)CCCCC2)CC1. The minimum atomic E-state index is 0.114. The first kappa shape index (κ1) is 15.8. The lowest BCUT2D eigenvalue weighted by atomic mass is 9.78. The van der Waals surface area contributed by atoms with Crippen molar-refractivity contribution in [2.45, 2.75) is 63.8 Å². The van der Waals surface area contributed by atoms with Crippen LogP contribution in [0.1, 0.15) is 58.3 Å². The lowest BCUT2D eigenvalue weighted by molar-refractivity contribution is -0.121. The zero-order valence-corrected chi connectivity index (χ0v) is 13.0. The summed E-state index contributed by atoms with van der Waals surface area (Å²) in [5.74, 6) is 0.974. The molecule has 2 rings (SSSR count). The van der Waals surface area contributed by atoms with E-state index >= 15 is 0 Å². The summed E-state index contributed by atoms with van der Waals surface area (Å²) in [7, 11) is 0. The number of nitrogens with one attached hydrogen (secondary N) is 1. The standard InChI is InChI=1S/C16H31N3O/c1-14-6-11-19(12-7-14)16(8-3-2-4-9-16)13-18-15(20)5-10-17/h14H,2-13,17H2,1H3,(H,18,20). The molecule has 1 saturated heterocycles. The van der Waals surface area contributed by atoms with Crippen LogP contribution in [0.4, 0.5) is 0 Å². The van der Waals surface area contributed by atoms with E-state index in [0.29, 0.717) is 13.0 Å². The second kappa shape index (κ2) is 7.41. The molecular weight excluding hydrogens is 250 g/mol. The van der Waals surface area contributed by atoms with Gasteiger partial charge in [0.25, 0.3) is 0 Å². The van der Waals surface area contributed by atoms with Crippen LogP contribution in [-0.2, 0) is 4.79 Å². The number of carbonyl (C=O) groups excluding carboxylic acids is 1. The van der Waals surface area contributed by atoms with Crippen molar-refractivity contribution in [2.24, 2.45) is 11.7 Å². The van der Waals surface area contributed by atoms with E-state index in [4.69, 9.17) is 5.73 Å². The van der Waals surface area contributed by atoms with Crippen LogP contribution in [0.5, 0.6) is 0 Å². The molecule has 0 atom stereocenters. The van der Waals surface area contributed by atoms with E-state index < -0.39 is 0 Å². The normalized spacial score (nSPS) is 24.5. The summed E-state index contributed by atoms with van der Waals surface area (Å²) in [6, 6.07) is 0. The molecule has 4 heteroatoms. The Morgan fingerprint density at radius 1 is 1.25 bits per heavy atom. The molecule has 1 saturated carbocycles. The van der Waals surface area contributed by atoms with E-state index in [1.807, 2.05) is 0 Å². The largest absolute Gasteiger partial charge is 0.354 e. The number of nitrogens with zero attached hydrogens (tertiary/aromatic N) is 1. The van der Waals surface area contributed by atoms with Crippen LogP contribution in [0.15, 0.2) is 0 Å².